The fourth-order valence-corrected chi connectivity index (χ4v) is 1.04. The molecule has 0 rings (SSSR count). The van der Waals surface area contributed by atoms with Crippen LogP contribution in [0.2, 0.25) is 0 Å². The number of nitrogens with two attached hydrogens (primary N) is 1. The molecule has 0 atom stereocenters. The van der Waals surface area contributed by atoms with Crippen molar-refractivity contribution < 1.29 is 45.3 Å². The monoisotopic (exact) mass is 356 g/mol. The van der Waals surface area contributed by atoms with Gasteiger partial charge in [0.2, 0.25) is 0 Å². The molecule has 0 aromatic rings. The Labute approximate surface area is 128 Å². The van der Waals surface area contributed by atoms with Gasteiger partial charge in [0.1, 0.15) is 0 Å². The molecule has 0 fully saturated rings. The molecule has 0 spiro atoms. The van der Waals surface area contributed by atoms with Crippen molar-refractivity contribution in [2.24, 2.45) is 5.73 Å². The second kappa shape index (κ2) is 9.25. The van der Waals surface area contributed by atoms with Crippen LogP contribution in [0.15, 0.2) is 0 Å². The third-order valence-electron chi connectivity index (χ3n) is 2.20. The number of nitrogens with one attached hydrogen (secondary N) is 1. The summed E-state index contributed by atoms with van der Waals surface area (Å²) < 4.78 is 88.7. The molecule has 0 aliphatic carbocycles. The normalized spacial score (nSPS) is 13.2. The maximum atomic E-state index is 13.0. The largest absolute Gasteiger partial charge is 0.441 e. The quantitative estimate of drug-likeness (QED) is 0.402. The molecule has 0 radical (unpaired) electrons. The van der Waals surface area contributed by atoms with Gasteiger partial charge in [0.25, 0.3) is 0 Å². The summed E-state index contributed by atoms with van der Waals surface area (Å²) in [6.07, 6.45) is -10.6. The third-order valence-corrected chi connectivity index (χ3v) is 2.20. The molecule has 0 aliphatic rings. The summed E-state index contributed by atoms with van der Waals surface area (Å²) in [5.41, 5.74) is 5.14. The van der Waals surface area contributed by atoms with Gasteiger partial charge in [-0.3, -0.25) is 4.79 Å². The van der Waals surface area contributed by atoms with Crippen LogP contribution >= 0.6 is 0 Å². The number of hydrogen-bond acceptors (Lipinski definition) is 5. The van der Waals surface area contributed by atoms with Gasteiger partial charge in [0, 0.05) is 20.0 Å². The standard InChI is InChI=1S/C11H18F6N2O4/c1-9(12,13)11(16,17)23-10(14,15)8(20)19-3-5-22-7-6-21-4-2-18/h2-7,18H2,1H3,(H,19,20). The molecule has 138 valence electrons. The Kier molecular flexibility index (Phi) is 8.80. The van der Waals surface area contributed by atoms with Gasteiger partial charge in [0.05, 0.1) is 26.4 Å². The summed E-state index contributed by atoms with van der Waals surface area (Å²) in [4.78, 5) is 11.0. The summed E-state index contributed by atoms with van der Waals surface area (Å²) in [6.45, 7) is -0.129. The second-order valence-electron chi connectivity index (χ2n) is 4.29. The zero-order chi connectivity index (χ0) is 18.1. The predicted molar refractivity (Wildman–Crippen MR) is 65.3 cm³/mol. The number of halogens is 6. The molecular weight excluding hydrogens is 338 g/mol. The minimum absolute atomic E-state index is 0.0862. The minimum Gasteiger partial charge on any atom is -0.378 e. The van der Waals surface area contributed by atoms with Gasteiger partial charge in [-0.05, 0) is 0 Å². The predicted octanol–water partition coefficient (Wildman–Crippen LogP) is 0.952. The number of ether oxygens (including phenoxy) is 3. The summed E-state index contributed by atoms with van der Waals surface area (Å²) in [5, 5.41) is 1.52. The Bertz CT molecular complexity index is 365. The first-order valence-corrected chi connectivity index (χ1v) is 6.41. The van der Waals surface area contributed by atoms with E-state index in [-0.39, 0.29) is 26.7 Å². The van der Waals surface area contributed by atoms with Crippen molar-refractivity contribution >= 4 is 5.91 Å². The lowest BCUT2D eigenvalue weighted by Gasteiger charge is -2.26. The molecule has 6 nitrogen and oxygen atoms in total. The lowest BCUT2D eigenvalue weighted by Crippen LogP contribution is -2.51. The van der Waals surface area contributed by atoms with Crippen molar-refractivity contribution in [2.45, 2.75) is 25.1 Å². The average Bonchev–Trinajstić information content (AvgIpc) is 2.39. The van der Waals surface area contributed by atoms with Gasteiger partial charge < -0.3 is 20.5 Å². The van der Waals surface area contributed by atoms with E-state index in [4.69, 9.17) is 15.2 Å². The molecule has 0 bridgehead atoms. The topological polar surface area (TPSA) is 82.8 Å². The van der Waals surface area contributed by atoms with Crippen molar-refractivity contribution in [1.29, 1.82) is 0 Å². The third kappa shape index (κ3) is 8.34. The number of alkyl halides is 6. The van der Waals surface area contributed by atoms with E-state index in [0.717, 1.165) is 0 Å². The molecule has 12 heteroatoms. The highest BCUT2D eigenvalue weighted by atomic mass is 19.3. The molecule has 0 heterocycles. The Balaban J connectivity index is 4.10. The molecule has 3 N–H and O–H groups in total. The van der Waals surface area contributed by atoms with Crippen LogP contribution in [-0.2, 0) is 19.0 Å². The number of rotatable bonds is 12. The molecule has 23 heavy (non-hydrogen) atoms. The number of amides is 1. The van der Waals surface area contributed by atoms with Gasteiger partial charge >= 0.3 is 24.0 Å². The molecular formula is C11H18F6N2O4. The molecule has 0 unspecified atom stereocenters. The Morgan fingerprint density at radius 1 is 1.00 bits per heavy atom. The van der Waals surface area contributed by atoms with Crippen LogP contribution < -0.4 is 11.1 Å². The summed E-state index contributed by atoms with van der Waals surface area (Å²) >= 11 is 0. The first kappa shape index (κ1) is 21.9. The molecule has 0 saturated carbocycles. The van der Waals surface area contributed by atoms with Gasteiger partial charge in [0.15, 0.2) is 0 Å². The number of carbonyl (C=O) groups is 1. The van der Waals surface area contributed by atoms with E-state index in [2.05, 4.69) is 4.74 Å². The van der Waals surface area contributed by atoms with E-state index >= 15 is 0 Å². The fraction of sp³-hybridized carbons (Fsp3) is 0.909. The van der Waals surface area contributed by atoms with Gasteiger partial charge in [-0.1, -0.05) is 0 Å². The number of hydrogen-bond donors (Lipinski definition) is 2. The zero-order valence-corrected chi connectivity index (χ0v) is 12.2. The van der Waals surface area contributed by atoms with Crippen LogP contribution in [0.5, 0.6) is 0 Å². The summed E-state index contributed by atoms with van der Waals surface area (Å²) in [5.74, 6) is -7.17. The molecule has 0 saturated heterocycles. The van der Waals surface area contributed by atoms with Gasteiger partial charge in [-0.2, -0.15) is 26.3 Å². The highest BCUT2D eigenvalue weighted by Gasteiger charge is 2.61. The smallest absolute Gasteiger partial charge is 0.378 e. The fourth-order valence-electron chi connectivity index (χ4n) is 1.04. The SMILES string of the molecule is CC(F)(F)C(F)(F)OC(F)(F)C(=O)NCCOCCOCCN. The Morgan fingerprint density at radius 2 is 1.52 bits per heavy atom. The highest BCUT2D eigenvalue weighted by molar-refractivity contribution is 5.81. The van der Waals surface area contributed by atoms with E-state index in [0.29, 0.717) is 13.2 Å². The van der Waals surface area contributed by atoms with Crippen molar-refractivity contribution in [3.8, 4) is 0 Å². The molecule has 0 aromatic carbocycles. The Hall–Kier alpha value is -1.11. The van der Waals surface area contributed by atoms with Crippen molar-refractivity contribution in [3.05, 3.63) is 0 Å². The lowest BCUT2D eigenvalue weighted by atomic mass is 10.3. The van der Waals surface area contributed by atoms with Crippen molar-refractivity contribution in [3.63, 3.8) is 0 Å². The van der Waals surface area contributed by atoms with E-state index in [1.165, 1.54) is 5.32 Å². The molecule has 0 aliphatic heterocycles. The second-order valence-corrected chi connectivity index (χ2v) is 4.29. The van der Waals surface area contributed by atoms with E-state index < -0.39 is 30.6 Å². The van der Waals surface area contributed by atoms with Crippen LogP contribution in [0.3, 0.4) is 0 Å². The van der Waals surface area contributed by atoms with Gasteiger partial charge in [-0.15, -0.1) is 0 Å². The maximum Gasteiger partial charge on any atom is 0.441 e. The van der Waals surface area contributed by atoms with Crippen LogP contribution in [0.4, 0.5) is 26.3 Å². The maximum absolute atomic E-state index is 13.0. The zero-order valence-electron chi connectivity index (χ0n) is 12.2. The Morgan fingerprint density at radius 3 is 2.00 bits per heavy atom. The summed E-state index contributed by atoms with van der Waals surface area (Å²) in [7, 11) is 0. The highest BCUT2D eigenvalue weighted by Crippen LogP contribution is 2.38. The lowest BCUT2D eigenvalue weighted by molar-refractivity contribution is -0.413. The first-order chi connectivity index (χ1) is 10.4. The molecule has 0 aromatic heterocycles. The van der Waals surface area contributed by atoms with Crippen molar-refractivity contribution in [2.75, 3.05) is 39.5 Å². The first-order valence-electron chi connectivity index (χ1n) is 6.41. The molecule has 1 amide bonds. The minimum atomic E-state index is -5.51. The van der Waals surface area contributed by atoms with Crippen LogP contribution in [0.25, 0.3) is 0 Å². The van der Waals surface area contributed by atoms with Crippen LogP contribution in [-0.4, -0.2) is 63.6 Å². The summed E-state index contributed by atoms with van der Waals surface area (Å²) in [6, 6.07) is 0. The average molecular weight is 356 g/mol. The van der Waals surface area contributed by atoms with E-state index in [9.17, 15) is 31.1 Å². The van der Waals surface area contributed by atoms with Gasteiger partial charge in [-0.25, -0.2) is 4.74 Å². The van der Waals surface area contributed by atoms with Crippen LogP contribution in [0.1, 0.15) is 6.92 Å². The number of carbonyl (C=O) groups excluding carboxylic acids is 1. The van der Waals surface area contributed by atoms with E-state index in [1.54, 1.807) is 0 Å². The van der Waals surface area contributed by atoms with Crippen LogP contribution in [0, 0.1) is 0 Å². The van der Waals surface area contributed by atoms with Crippen molar-refractivity contribution in [1.82, 2.24) is 5.32 Å². The van der Waals surface area contributed by atoms with E-state index in [1.807, 2.05) is 0 Å².